The van der Waals surface area contributed by atoms with Gasteiger partial charge in [0.1, 0.15) is 7.14 Å². The molecule has 0 fully saturated rings. The molecule has 1 aromatic heterocycles. The minimum atomic E-state index is -2.60. The Bertz CT molecular complexity index is 779. The zero-order valence-electron chi connectivity index (χ0n) is 12.9. The number of aryl methyl sites for hydroxylation is 1. The highest BCUT2D eigenvalue weighted by atomic mass is 31.2. The Morgan fingerprint density at radius 2 is 1.80 bits per heavy atom. The van der Waals surface area contributed by atoms with Gasteiger partial charge in [0.05, 0.1) is 17.2 Å². The first-order valence-electron chi connectivity index (χ1n) is 6.58. The summed E-state index contributed by atoms with van der Waals surface area (Å²) in [7, 11) is -0.933. The molecule has 108 valence electrons. The van der Waals surface area contributed by atoms with Crippen molar-refractivity contribution in [2.75, 3.05) is 13.3 Å². The zero-order valence-corrected chi connectivity index (χ0v) is 13.8. The molecular formula is C15H21N2O2P. The van der Waals surface area contributed by atoms with Crippen molar-refractivity contribution in [3.8, 4) is 0 Å². The monoisotopic (exact) mass is 292 g/mol. The van der Waals surface area contributed by atoms with Gasteiger partial charge in [-0.3, -0.25) is 4.79 Å². The quantitative estimate of drug-likeness (QED) is 0.759. The summed E-state index contributed by atoms with van der Waals surface area (Å²) in [5.74, 6) is 0. The second-order valence-electron chi connectivity index (χ2n) is 6.62. The molecule has 0 unspecified atom stereocenters. The van der Waals surface area contributed by atoms with E-state index in [1.54, 1.807) is 20.4 Å². The van der Waals surface area contributed by atoms with Gasteiger partial charge in [0.15, 0.2) is 0 Å². The molecule has 0 saturated carbocycles. The number of aromatic nitrogens is 2. The summed E-state index contributed by atoms with van der Waals surface area (Å²) in [6.45, 7) is 9.61. The van der Waals surface area contributed by atoms with Crippen LogP contribution in [0, 0.1) is 0 Å². The highest BCUT2D eigenvalue weighted by Crippen LogP contribution is 2.41. The second-order valence-corrected chi connectivity index (χ2v) is 9.77. The first-order chi connectivity index (χ1) is 9.03. The average Bonchev–Trinajstić information content (AvgIpc) is 2.30. The van der Waals surface area contributed by atoms with Gasteiger partial charge in [-0.25, -0.2) is 4.98 Å². The van der Waals surface area contributed by atoms with Crippen LogP contribution >= 0.6 is 7.14 Å². The maximum Gasteiger partial charge on any atom is 0.261 e. The summed E-state index contributed by atoms with van der Waals surface area (Å²) in [6.07, 6.45) is 1.50. The van der Waals surface area contributed by atoms with Crippen LogP contribution < -0.4 is 10.9 Å². The number of hydrogen-bond acceptors (Lipinski definition) is 3. The third-order valence-electron chi connectivity index (χ3n) is 3.41. The van der Waals surface area contributed by atoms with Crippen molar-refractivity contribution in [1.82, 2.24) is 9.55 Å². The van der Waals surface area contributed by atoms with Crippen molar-refractivity contribution in [1.29, 1.82) is 0 Å². The van der Waals surface area contributed by atoms with Crippen molar-refractivity contribution in [3.63, 3.8) is 0 Å². The number of nitrogens with zero attached hydrogens (tertiary/aromatic N) is 2. The van der Waals surface area contributed by atoms with Crippen molar-refractivity contribution in [3.05, 3.63) is 34.4 Å². The Kier molecular flexibility index (Phi) is 3.42. The molecule has 4 nitrogen and oxygen atoms in total. The van der Waals surface area contributed by atoms with Crippen molar-refractivity contribution in [2.45, 2.75) is 26.2 Å². The van der Waals surface area contributed by atoms with Crippen molar-refractivity contribution >= 4 is 23.3 Å². The van der Waals surface area contributed by atoms with Crippen molar-refractivity contribution < 1.29 is 4.57 Å². The molecular weight excluding hydrogens is 271 g/mol. The summed E-state index contributed by atoms with van der Waals surface area (Å²) in [6, 6.07) is 3.79. The van der Waals surface area contributed by atoms with E-state index in [9.17, 15) is 9.36 Å². The molecule has 0 radical (unpaired) electrons. The van der Waals surface area contributed by atoms with E-state index in [1.165, 1.54) is 10.9 Å². The Morgan fingerprint density at radius 3 is 2.30 bits per heavy atom. The maximum absolute atomic E-state index is 12.8. The van der Waals surface area contributed by atoms with Gasteiger partial charge in [-0.05, 0) is 30.4 Å². The first-order valence-corrected chi connectivity index (χ1v) is 9.18. The van der Waals surface area contributed by atoms with Crippen molar-refractivity contribution in [2.24, 2.45) is 7.05 Å². The molecule has 0 N–H and O–H groups in total. The van der Waals surface area contributed by atoms with E-state index in [0.29, 0.717) is 16.2 Å². The van der Waals surface area contributed by atoms with Crippen LogP contribution in [-0.2, 0) is 17.0 Å². The Morgan fingerprint density at radius 1 is 1.20 bits per heavy atom. The largest absolute Gasteiger partial charge is 0.319 e. The second kappa shape index (κ2) is 4.56. The molecule has 2 aromatic rings. The maximum atomic E-state index is 12.8. The van der Waals surface area contributed by atoms with Crippen LogP contribution in [0.4, 0.5) is 0 Å². The zero-order chi connectivity index (χ0) is 15.3. The van der Waals surface area contributed by atoms with Gasteiger partial charge in [-0.1, -0.05) is 26.8 Å². The molecule has 2 rings (SSSR count). The molecule has 0 amide bonds. The molecule has 0 atom stereocenters. The van der Waals surface area contributed by atoms with Crippen LogP contribution in [0.5, 0.6) is 0 Å². The normalized spacial score (nSPS) is 12.9. The van der Waals surface area contributed by atoms with E-state index in [4.69, 9.17) is 0 Å². The topological polar surface area (TPSA) is 52.0 Å². The van der Waals surface area contributed by atoms with Crippen LogP contribution in [0.1, 0.15) is 26.3 Å². The van der Waals surface area contributed by atoms with E-state index < -0.39 is 7.14 Å². The number of rotatable bonds is 1. The van der Waals surface area contributed by atoms with E-state index in [2.05, 4.69) is 25.8 Å². The highest BCUT2D eigenvalue weighted by Gasteiger charge is 2.28. The molecule has 20 heavy (non-hydrogen) atoms. The smallest absolute Gasteiger partial charge is 0.261 e. The lowest BCUT2D eigenvalue weighted by Gasteiger charge is -2.25. The van der Waals surface area contributed by atoms with E-state index in [0.717, 1.165) is 5.56 Å². The van der Waals surface area contributed by atoms with Gasteiger partial charge in [0, 0.05) is 12.4 Å². The summed E-state index contributed by atoms with van der Waals surface area (Å²) in [5, 5.41) is 1.17. The van der Waals surface area contributed by atoms with E-state index >= 15 is 0 Å². The van der Waals surface area contributed by atoms with Crippen LogP contribution in [0.25, 0.3) is 10.9 Å². The Labute approximate surface area is 119 Å². The molecule has 0 spiro atoms. The predicted molar refractivity (Wildman–Crippen MR) is 84.8 cm³/mol. The van der Waals surface area contributed by atoms with E-state index in [-0.39, 0.29) is 11.0 Å². The molecule has 1 heterocycles. The molecule has 0 aliphatic heterocycles. The summed E-state index contributed by atoms with van der Waals surface area (Å²) in [5.41, 5.74) is 1.26. The van der Waals surface area contributed by atoms with Gasteiger partial charge in [0.25, 0.3) is 5.56 Å². The fraction of sp³-hybridized carbons (Fsp3) is 0.467. The van der Waals surface area contributed by atoms with Gasteiger partial charge in [-0.2, -0.15) is 0 Å². The lowest BCUT2D eigenvalue weighted by Crippen LogP contribution is -2.29. The lowest BCUT2D eigenvalue weighted by atomic mass is 9.86. The molecule has 0 aliphatic rings. The van der Waals surface area contributed by atoms with E-state index in [1.807, 2.05) is 12.1 Å². The Balaban J connectivity index is 3.11. The number of fused-ring (bicyclic) bond motifs is 1. The number of hydrogen-bond donors (Lipinski definition) is 0. The van der Waals surface area contributed by atoms with Gasteiger partial charge in [-0.15, -0.1) is 0 Å². The van der Waals surface area contributed by atoms with Crippen LogP contribution in [-0.4, -0.2) is 22.9 Å². The molecule has 5 heteroatoms. The molecule has 0 saturated heterocycles. The third kappa shape index (κ3) is 2.45. The minimum Gasteiger partial charge on any atom is -0.319 e. The summed E-state index contributed by atoms with van der Waals surface area (Å²) in [4.78, 5) is 16.8. The van der Waals surface area contributed by atoms with Crippen LogP contribution in [0.15, 0.2) is 23.3 Å². The molecule has 0 bridgehead atoms. The summed E-state index contributed by atoms with van der Waals surface area (Å²) >= 11 is 0. The summed E-state index contributed by atoms with van der Waals surface area (Å²) < 4.78 is 14.2. The van der Waals surface area contributed by atoms with Crippen LogP contribution in [0.3, 0.4) is 0 Å². The number of benzene rings is 1. The van der Waals surface area contributed by atoms with Gasteiger partial charge in [0.2, 0.25) is 0 Å². The third-order valence-corrected chi connectivity index (χ3v) is 4.95. The van der Waals surface area contributed by atoms with Gasteiger partial charge >= 0.3 is 0 Å². The predicted octanol–water partition coefficient (Wildman–Crippen LogP) is 2.48. The molecule has 1 aromatic carbocycles. The minimum absolute atomic E-state index is 0.139. The fourth-order valence-electron chi connectivity index (χ4n) is 2.44. The fourth-order valence-corrected chi connectivity index (χ4v) is 4.18. The lowest BCUT2D eigenvalue weighted by molar-refractivity contribution is 0.580. The first kappa shape index (κ1) is 15.0. The standard InChI is InChI=1S/C15H21N2O2P/c1-15(2,3)10-7-8-11-12(13(10)20(5,6)19)14(18)17(4)9-16-11/h7-9H,1-6H3. The highest BCUT2D eigenvalue weighted by molar-refractivity contribution is 7.70. The molecule has 0 aliphatic carbocycles. The SMILES string of the molecule is Cn1cnc2ccc(C(C)(C)C)c(P(C)(C)=O)c2c1=O. The Hall–Kier alpha value is -1.41. The van der Waals surface area contributed by atoms with Gasteiger partial charge < -0.3 is 9.13 Å². The average molecular weight is 292 g/mol. The van der Waals surface area contributed by atoms with Crippen LogP contribution in [0.2, 0.25) is 0 Å².